The summed E-state index contributed by atoms with van der Waals surface area (Å²) in [6, 6.07) is 11.1. The number of halogens is 2. The molecule has 0 spiro atoms. The molecule has 0 aromatic heterocycles. The molecule has 11 heteroatoms. The molecule has 0 bridgehead atoms. The van der Waals surface area contributed by atoms with E-state index < -0.39 is 16.1 Å². The van der Waals surface area contributed by atoms with Gasteiger partial charge in [-0.3, -0.25) is 13.9 Å². The molecule has 1 N–H and O–H groups in total. The monoisotopic (exact) mass is 571 g/mol. The second kappa shape index (κ2) is 14.4. The highest BCUT2D eigenvalue weighted by molar-refractivity contribution is 7.92. The maximum Gasteiger partial charge on any atom is 0.242 e. The number of rotatable bonds is 14. The Balaban J connectivity index is 2.24. The van der Waals surface area contributed by atoms with Crippen molar-refractivity contribution in [3.8, 4) is 5.75 Å². The number of carbonyl (C=O) groups excluding carboxylic acids is 2. The first kappa shape index (κ1) is 30.7. The third-order valence-electron chi connectivity index (χ3n) is 5.69. The van der Waals surface area contributed by atoms with E-state index in [2.05, 4.69) is 5.32 Å². The minimum Gasteiger partial charge on any atom is -0.492 e. The second-order valence-corrected chi connectivity index (χ2v) is 11.2. The molecule has 0 heterocycles. The van der Waals surface area contributed by atoms with Gasteiger partial charge in [-0.1, -0.05) is 48.3 Å². The molecule has 0 saturated carbocycles. The lowest BCUT2D eigenvalue weighted by atomic mass is 10.1. The molecular formula is C26H35Cl2N3O5S. The molecule has 37 heavy (non-hydrogen) atoms. The Kier molecular flexibility index (Phi) is 12.0. The molecule has 8 nitrogen and oxygen atoms in total. The van der Waals surface area contributed by atoms with Gasteiger partial charge in [0.25, 0.3) is 0 Å². The summed E-state index contributed by atoms with van der Waals surface area (Å²) in [6.45, 7) is 6.37. The lowest BCUT2D eigenvalue weighted by Crippen LogP contribution is -2.48. The molecule has 1 atom stereocenters. The van der Waals surface area contributed by atoms with Crippen molar-refractivity contribution in [3.05, 3.63) is 58.1 Å². The normalized spacial score (nSPS) is 12.1. The third kappa shape index (κ3) is 8.79. The molecule has 2 rings (SSSR count). The Morgan fingerprint density at radius 1 is 1.05 bits per heavy atom. The van der Waals surface area contributed by atoms with E-state index in [4.69, 9.17) is 27.9 Å². The Morgan fingerprint density at radius 2 is 1.70 bits per heavy atom. The number of hydrogen-bond acceptors (Lipinski definition) is 5. The van der Waals surface area contributed by atoms with E-state index in [0.29, 0.717) is 40.2 Å². The number of nitrogens with zero attached hydrogens (tertiary/aromatic N) is 2. The van der Waals surface area contributed by atoms with E-state index in [1.165, 1.54) is 9.21 Å². The molecule has 0 saturated heterocycles. The predicted molar refractivity (Wildman–Crippen MR) is 149 cm³/mol. The summed E-state index contributed by atoms with van der Waals surface area (Å²) >= 11 is 12.7. The zero-order chi connectivity index (χ0) is 27.6. The number of ether oxygens (including phenoxy) is 1. The third-order valence-corrected chi connectivity index (χ3v) is 7.58. The van der Waals surface area contributed by atoms with Gasteiger partial charge in [-0.2, -0.15) is 0 Å². The van der Waals surface area contributed by atoms with E-state index in [-0.39, 0.29) is 37.7 Å². The van der Waals surface area contributed by atoms with Crippen molar-refractivity contribution in [2.75, 3.05) is 30.3 Å². The van der Waals surface area contributed by atoms with E-state index in [9.17, 15) is 18.0 Å². The number of hydrogen-bond donors (Lipinski definition) is 1. The van der Waals surface area contributed by atoms with Gasteiger partial charge in [-0.15, -0.1) is 0 Å². The van der Waals surface area contributed by atoms with E-state index in [1.54, 1.807) is 49.4 Å². The molecular weight excluding hydrogens is 537 g/mol. The van der Waals surface area contributed by atoms with Crippen LogP contribution in [-0.2, 0) is 26.2 Å². The van der Waals surface area contributed by atoms with Crippen molar-refractivity contribution in [1.82, 2.24) is 10.2 Å². The van der Waals surface area contributed by atoms with Crippen LogP contribution in [-0.4, -0.2) is 57.1 Å². The number of amides is 2. The molecule has 0 aliphatic heterocycles. The minimum atomic E-state index is -3.65. The average molecular weight is 573 g/mol. The quantitative estimate of drug-likeness (QED) is 0.348. The summed E-state index contributed by atoms with van der Waals surface area (Å²) in [5.41, 5.74) is 0.948. The number of para-hydroxylation sites is 2. The lowest BCUT2D eigenvalue weighted by molar-refractivity contribution is -0.140. The Labute approximate surface area is 229 Å². The van der Waals surface area contributed by atoms with Crippen LogP contribution in [0.5, 0.6) is 5.75 Å². The van der Waals surface area contributed by atoms with Gasteiger partial charge in [0, 0.05) is 41.7 Å². The molecule has 2 aromatic carbocycles. The first-order valence-electron chi connectivity index (χ1n) is 12.2. The van der Waals surface area contributed by atoms with Crippen molar-refractivity contribution in [1.29, 1.82) is 0 Å². The maximum absolute atomic E-state index is 13.4. The van der Waals surface area contributed by atoms with Crippen LogP contribution >= 0.6 is 23.2 Å². The molecule has 0 aliphatic carbocycles. The van der Waals surface area contributed by atoms with Gasteiger partial charge in [0.05, 0.1) is 18.6 Å². The van der Waals surface area contributed by atoms with Crippen molar-refractivity contribution in [3.63, 3.8) is 0 Å². The predicted octanol–water partition coefficient (Wildman–Crippen LogP) is 4.88. The van der Waals surface area contributed by atoms with Crippen molar-refractivity contribution in [2.45, 2.75) is 52.6 Å². The molecule has 204 valence electrons. The zero-order valence-corrected chi connectivity index (χ0v) is 24.0. The number of sulfonamides is 1. The van der Waals surface area contributed by atoms with Crippen LogP contribution in [0.4, 0.5) is 5.69 Å². The van der Waals surface area contributed by atoms with Gasteiger partial charge in [0.15, 0.2) is 0 Å². The van der Waals surface area contributed by atoms with Crippen molar-refractivity contribution < 1.29 is 22.7 Å². The van der Waals surface area contributed by atoms with Crippen LogP contribution < -0.4 is 14.4 Å². The Morgan fingerprint density at radius 3 is 2.30 bits per heavy atom. The molecule has 0 fully saturated rings. The fourth-order valence-corrected chi connectivity index (χ4v) is 5.24. The van der Waals surface area contributed by atoms with Gasteiger partial charge in [-0.05, 0) is 51.0 Å². The summed E-state index contributed by atoms with van der Waals surface area (Å²) in [6.07, 6.45) is 2.11. The van der Waals surface area contributed by atoms with Crippen LogP contribution in [0, 0.1) is 0 Å². The standard InChI is InChI=1S/C26H35Cl2N3O5S/c1-5-16-29-26(33)19(3)30(18-20-21(27)11-9-12-22(20)28)25(32)15-10-17-31(37(4,34)35)23-13-7-8-14-24(23)36-6-2/h7-9,11-14,19H,5-6,10,15-18H2,1-4H3,(H,29,33)/t19-/m0/s1. The average Bonchev–Trinajstić information content (AvgIpc) is 2.84. The summed E-state index contributed by atoms with van der Waals surface area (Å²) < 4.78 is 32.1. The Hall–Kier alpha value is -2.49. The van der Waals surface area contributed by atoms with Gasteiger partial charge >= 0.3 is 0 Å². The topological polar surface area (TPSA) is 96.0 Å². The van der Waals surface area contributed by atoms with Crippen LogP contribution in [0.2, 0.25) is 10.0 Å². The largest absolute Gasteiger partial charge is 0.492 e. The first-order valence-corrected chi connectivity index (χ1v) is 14.8. The molecule has 0 unspecified atom stereocenters. The van der Waals surface area contributed by atoms with Crippen LogP contribution in [0.25, 0.3) is 0 Å². The van der Waals surface area contributed by atoms with Gasteiger partial charge < -0.3 is 15.0 Å². The zero-order valence-electron chi connectivity index (χ0n) is 21.7. The summed E-state index contributed by atoms with van der Waals surface area (Å²) in [7, 11) is -3.65. The van der Waals surface area contributed by atoms with Gasteiger partial charge in [-0.25, -0.2) is 8.42 Å². The van der Waals surface area contributed by atoms with Crippen molar-refractivity contribution >= 4 is 50.7 Å². The number of benzene rings is 2. The minimum absolute atomic E-state index is 0.0102. The van der Waals surface area contributed by atoms with Crippen LogP contribution in [0.3, 0.4) is 0 Å². The van der Waals surface area contributed by atoms with Crippen LogP contribution in [0.1, 0.15) is 45.6 Å². The van der Waals surface area contributed by atoms with Crippen molar-refractivity contribution in [2.24, 2.45) is 0 Å². The number of anilines is 1. The van der Waals surface area contributed by atoms with E-state index in [1.807, 2.05) is 13.8 Å². The summed E-state index contributed by atoms with van der Waals surface area (Å²) in [4.78, 5) is 27.6. The van der Waals surface area contributed by atoms with Gasteiger partial charge in [0.1, 0.15) is 11.8 Å². The lowest BCUT2D eigenvalue weighted by Gasteiger charge is -2.30. The van der Waals surface area contributed by atoms with Gasteiger partial charge in [0.2, 0.25) is 21.8 Å². The molecule has 2 aromatic rings. The first-order chi connectivity index (χ1) is 17.5. The number of carbonyl (C=O) groups is 2. The van der Waals surface area contributed by atoms with Crippen LogP contribution in [0.15, 0.2) is 42.5 Å². The Bertz CT molecular complexity index is 1160. The number of nitrogens with one attached hydrogen (secondary N) is 1. The fourth-order valence-electron chi connectivity index (χ4n) is 3.76. The molecule has 0 radical (unpaired) electrons. The fraction of sp³-hybridized carbons (Fsp3) is 0.462. The smallest absolute Gasteiger partial charge is 0.242 e. The maximum atomic E-state index is 13.4. The summed E-state index contributed by atoms with van der Waals surface area (Å²) in [5, 5.41) is 3.60. The molecule has 2 amide bonds. The molecule has 0 aliphatic rings. The SMILES string of the molecule is CCCNC(=O)[C@H](C)N(Cc1c(Cl)cccc1Cl)C(=O)CCCN(c1ccccc1OCC)S(C)(=O)=O. The second-order valence-electron chi connectivity index (χ2n) is 8.53. The summed E-state index contributed by atoms with van der Waals surface area (Å²) in [5.74, 6) is -0.165. The van der Waals surface area contributed by atoms with E-state index >= 15 is 0 Å². The highest BCUT2D eigenvalue weighted by Crippen LogP contribution is 2.30. The van der Waals surface area contributed by atoms with E-state index in [0.717, 1.165) is 12.7 Å². The highest BCUT2D eigenvalue weighted by Gasteiger charge is 2.28. The highest BCUT2D eigenvalue weighted by atomic mass is 35.5.